The number of benzene rings is 2. The minimum absolute atomic E-state index is 0.0243. The highest BCUT2D eigenvalue weighted by molar-refractivity contribution is 5.96. The second-order valence-corrected chi connectivity index (χ2v) is 6.53. The smallest absolute Gasteiger partial charge is 0.273 e. The predicted molar refractivity (Wildman–Crippen MR) is 110 cm³/mol. The highest BCUT2D eigenvalue weighted by atomic mass is 19.1. The molecule has 0 radical (unpaired) electrons. The average Bonchev–Trinajstić information content (AvgIpc) is 2.75. The molecule has 0 aliphatic carbocycles. The van der Waals surface area contributed by atoms with Gasteiger partial charge in [-0.2, -0.15) is 0 Å². The van der Waals surface area contributed by atoms with Crippen LogP contribution in [0.4, 0.5) is 10.2 Å². The zero-order chi connectivity index (χ0) is 21.1. The van der Waals surface area contributed by atoms with Crippen LogP contribution in [-0.2, 0) is 6.42 Å². The lowest BCUT2D eigenvalue weighted by Crippen LogP contribution is -2.28. The van der Waals surface area contributed by atoms with E-state index in [9.17, 15) is 14.0 Å². The van der Waals surface area contributed by atoms with Gasteiger partial charge in [-0.1, -0.05) is 30.3 Å². The molecule has 8 heteroatoms. The first-order valence-electron chi connectivity index (χ1n) is 9.20. The van der Waals surface area contributed by atoms with E-state index in [2.05, 4.69) is 15.3 Å². The average molecular weight is 404 g/mol. The Morgan fingerprint density at radius 3 is 2.63 bits per heavy atom. The van der Waals surface area contributed by atoms with Crippen molar-refractivity contribution in [2.24, 2.45) is 0 Å². The summed E-state index contributed by atoms with van der Waals surface area (Å²) in [6.07, 6.45) is 3.00. The Balaban J connectivity index is 1.68. The first kappa shape index (κ1) is 19.3. The van der Waals surface area contributed by atoms with E-state index in [0.29, 0.717) is 16.9 Å². The van der Waals surface area contributed by atoms with Gasteiger partial charge < -0.3 is 15.5 Å². The summed E-state index contributed by atoms with van der Waals surface area (Å²) in [7, 11) is 0. The number of fused-ring (bicyclic) bond motifs is 1. The molecule has 0 bridgehead atoms. The van der Waals surface area contributed by atoms with Crippen LogP contribution in [0.5, 0.6) is 0 Å². The summed E-state index contributed by atoms with van der Waals surface area (Å²) in [5.74, 6) is -0.584. The molecule has 0 fully saturated rings. The molecule has 30 heavy (non-hydrogen) atoms. The van der Waals surface area contributed by atoms with Gasteiger partial charge in [0, 0.05) is 25.4 Å². The van der Waals surface area contributed by atoms with E-state index in [-0.39, 0.29) is 40.9 Å². The molecule has 0 atom stereocenters. The summed E-state index contributed by atoms with van der Waals surface area (Å²) in [4.78, 5) is 33.2. The van der Waals surface area contributed by atoms with E-state index >= 15 is 0 Å². The molecule has 1 amide bonds. The third-order valence-corrected chi connectivity index (χ3v) is 4.57. The monoisotopic (exact) mass is 404 g/mol. The minimum atomic E-state index is -0.518. The van der Waals surface area contributed by atoms with E-state index in [1.807, 2.05) is 6.07 Å². The van der Waals surface area contributed by atoms with Gasteiger partial charge in [-0.05, 0) is 23.8 Å². The number of amides is 1. The van der Waals surface area contributed by atoms with Crippen LogP contribution >= 0.6 is 0 Å². The van der Waals surface area contributed by atoms with E-state index in [4.69, 9.17) is 10.2 Å². The van der Waals surface area contributed by atoms with Gasteiger partial charge in [0.2, 0.25) is 5.43 Å². The molecule has 0 aliphatic heterocycles. The Morgan fingerprint density at radius 1 is 1.10 bits per heavy atom. The van der Waals surface area contributed by atoms with Gasteiger partial charge in [-0.15, -0.1) is 0 Å². The number of anilines is 1. The van der Waals surface area contributed by atoms with E-state index < -0.39 is 11.7 Å². The highest BCUT2D eigenvalue weighted by Crippen LogP contribution is 2.25. The lowest BCUT2D eigenvalue weighted by atomic mass is 10.0. The number of rotatable bonds is 5. The maximum absolute atomic E-state index is 13.7. The van der Waals surface area contributed by atoms with Crippen LogP contribution in [-0.4, -0.2) is 22.4 Å². The summed E-state index contributed by atoms with van der Waals surface area (Å²) < 4.78 is 19.6. The molecule has 4 aromatic rings. The molecule has 0 spiro atoms. The van der Waals surface area contributed by atoms with Crippen molar-refractivity contribution in [3.8, 4) is 11.1 Å². The minimum Gasteiger partial charge on any atom is -0.460 e. The SMILES string of the molecule is Nc1nccnc1C(=O)NCCc1oc2ccc(F)cc2c(=O)c1-c1ccccc1. The summed E-state index contributed by atoms with van der Waals surface area (Å²) >= 11 is 0. The molecule has 0 saturated heterocycles. The fraction of sp³-hybridized carbons (Fsp3) is 0.0909. The first-order chi connectivity index (χ1) is 14.5. The normalized spacial score (nSPS) is 10.8. The second kappa shape index (κ2) is 8.12. The van der Waals surface area contributed by atoms with Crippen molar-refractivity contribution in [2.75, 3.05) is 12.3 Å². The van der Waals surface area contributed by atoms with Crippen molar-refractivity contribution in [3.63, 3.8) is 0 Å². The molecule has 4 rings (SSSR count). The number of carbonyl (C=O) groups excluding carboxylic acids is 1. The van der Waals surface area contributed by atoms with Crippen molar-refractivity contribution in [3.05, 3.63) is 88.4 Å². The lowest BCUT2D eigenvalue weighted by Gasteiger charge is -2.11. The number of hydrogen-bond donors (Lipinski definition) is 2. The predicted octanol–water partition coefficient (Wildman–Crippen LogP) is 2.94. The van der Waals surface area contributed by atoms with E-state index in [1.54, 1.807) is 24.3 Å². The molecule has 0 saturated carbocycles. The molecule has 2 heterocycles. The van der Waals surface area contributed by atoms with Crippen molar-refractivity contribution >= 4 is 22.7 Å². The zero-order valence-electron chi connectivity index (χ0n) is 15.8. The quantitative estimate of drug-likeness (QED) is 0.529. The molecule has 2 aromatic carbocycles. The lowest BCUT2D eigenvalue weighted by molar-refractivity contribution is 0.0949. The standard InChI is InChI=1S/C22H17FN4O3/c23-14-6-7-16-15(12-14)20(28)18(13-4-2-1-3-5-13)17(30-16)8-9-27-22(29)19-21(24)26-11-10-25-19/h1-7,10-12H,8-9H2,(H2,24,26)(H,27,29). The van der Waals surface area contributed by atoms with Gasteiger partial charge >= 0.3 is 0 Å². The largest absolute Gasteiger partial charge is 0.460 e. The van der Waals surface area contributed by atoms with Crippen LogP contribution < -0.4 is 16.5 Å². The second-order valence-electron chi connectivity index (χ2n) is 6.53. The third-order valence-electron chi connectivity index (χ3n) is 4.57. The number of nitrogens with zero attached hydrogens (tertiary/aromatic N) is 2. The number of nitrogens with two attached hydrogens (primary N) is 1. The molecule has 3 N–H and O–H groups in total. The number of aromatic nitrogens is 2. The Kier molecular flexibility index (Phi) is 5.21. The molecule has 2 aromatic heterocycles. The number of nitrogens with one attached hydrogen (secondary N) is 1. The molecule has 0 unspecified atom stereocenters. The third kappa shape index (κ3) is 3.75. The maximum atomic E-state index is 13.7. The summed E-state index contributed by atoms with van der Waals surface area (Å²) in [5.41, 5.74) is 6.63. The van der Waals surface area contributed by atoms with Crippen molar-refractivity contribution in [1.82, 2.24) is 15.3 Å². The Hall–Kier alpha value is -4.07. The van der Waals surface area contributed by atoms with Crippen LogP contribution in [0, 0.1) is 5.82 Å². The van der Waals surface area contributed by atoms with Crippen LogP contribution in [0.2, 0.25) is 0 Å². The number of nitrogen functional groups attached to an aromatic ring is 1. The Bertz CT molecular complexity index is 1290. The molecule has 7 nitrogen and oxygen atoms in total. The van der Waals surface area contributed by atoms with E-state index in [0.717, 1.165) is 6.07 Å². The van der Waals surface area contributed by atoms with Crippen LogP contribution in [0.25, 0.3) is 22.1 Å². The van der Waals surface area contributed by atoms with Gasteiger partial charge in [0.15, 0.2) is 11.5 Å². The number of hydrogen-bond acceptors (Lipinski definition) is 6. The summed E-state index contributed by atoms with van der Waals surface area (Å²) in [5, 5.41) is 2.86. The molecular weight excluding hydrogens is 387 g/mol. The topological polar surface area (TPSA) is 111 Å². The van der Waals surface area contributed by atoms with Crippen molar-refractivity contribution in [1.29, 1.82) is 0 Å². The van der Waals surface area contributed by atoms with Gasteiger partial charge in [0.25, 0.3) is 5.91 Å². The summed E-state index contributed by atoms with van der Waals surface area (Å²) in [6, 6.07) is 12.8. The fourth-order valence-corrected chi connectivity index (χ4v) is 3.18. The van der Waals surface area contributed by atoms with Gasteiger partial charge in [0.05, 0.1) is 10.9 Å². The molecule has 150 valence electrons. The van der Waals surface area contributed by atoms with Crippen LogP contribution in [0.15, 0.2) is 70.1 Å². The number of halogens is 1. The van der Waals surface area contributed by atoms with Gasteiger partial charge in [-0.3, -0.25) is 9.59 Å². The summed E-state index contributed by atoms with van der Waals surface area (Å²) in [6.45, 7) is 0.171. The maximum Gasteiger partial charge on any atom is 0.273 e. The van der Waals surface area contributed by atoms with Crippen molar-refractivity contribution < 1.29 is 13.6 Å². The Morgan fingerprint density at radius 2 is 1.87 bits per heavy atom. The Labute approximate surface area is 170 Å². The van der Waals surface area contributed by atoms with E-state index in [1.165, 1.54) is 24.5 Å². The zero-order valence-corrected chi connectivity index (χ0v) is 15.8. The van der Waals surface area contributed by atoms with Gasteiger partial charge in [0.1, 0.15) is 17.2 Å². The van der Waals surface area contributed by atoms with Gasteiger partial charge in [-0.25, -0.2) is 14.4 Å². The van der Waals surface area contributed by atoms with Crippen LogP contribution in [0.3, 0.4) is 0 Å². The first-order valence-corrected chi connectivity index (χ1v) is 9.20. The molecular formula is C22H17FN4O3. The molecule has 0 aliphatic rings. The van der Waals surface area contributed by atoms with Crippen LogP contribution in [0.1, 0.15) is 16.2 Å². The fourth-order valence-electron chi connectivity index (χ4n) is 3.18. The van der Waals surface area contributed by atoms with Crippen molar-refractivity contribution in [2.45, 2.75) is 6.42 Å². The highest BCUT2D eigenvalue weighted by Gasteiger charge is 2.18. The number of carbonyl (C=O) groups is 1.